The van der Waals surface area contributed by atoms with Crippen molar-refractivity contribution in [3.05, 3.63) is 30.1 Å². The average molecular weight is 350 g/mol. The second-order valence-electron chi connectivity index (χ2n) is 6.81. The van der Waals surface area contributed by atoms with E-state index in [1.807, 2.05) is 12.1 Å². The van der Waals surface area contributed by atoms with Crippen molar-refractivity contribution < 1.29 is 9.50 Å². The highest BCUT2D eigenvalue weighted by atomic mass is 19.1. The van der Waals surface area contributed by atoms with Gasteiger partial charge in [-0.15, -0.1) is 0 Å². The molecule has 0 saturated carbocycles. The predicted molar refractivity (Wildman–Crippen MR) is 101 cm³/mol. The third-order valence-electron chi connectivity index (χ3n) is 5.51. The lowest BCUT2D eigenvalue weighted by Crippen LogP contribution is -2.51. The second kappa shape index (κ2) is 9.04. The van der Waals surface area contributed by atoms with Crippen LogP contribution in [0, 0.1) is 11.2 Å². The minimum absolute atomic E-state index is 0.0370. The van der Waals surface area contributed by atoms with Gasteiger partial charge in [0.25, 0.3) is 0 Å². The van der Waals surface area contributed by atoms with Gasteiger partial charge >= 0.3 is 0 Å². The zero-order valence-corrected chi connectivity index (χ0v) is 15.4. The molecule has 5 nitrogen and oxygen atoms in total. The Hall–Kier alpha value is -1.82. The molecule has 140 valence electrons. The first-order valence-electron chi connectivity index (χ1n) is 9.20. The summed E-state index contributed by atoms with van der Waals surface area (Å²) in [4.78, 5) is 8.97. The lowest BCUT2D eigenvalue weighted by molar-refractivity contribution is 0.175. The van der Waals surface area contributed by atoms with E-state index >= 15 is 0 Å². The molecule has 0 bridgehead atoms. The summed E-state index contributed by atoms with van der Waals surface area (Å²) in [6, 6.07) is 6.61. The third-order valence-corrected chi connectivity index (χ3v) is 5.51. The molecule has 1 heterocycles. The molecule has 0 atom stereocenters. The van der Waals surface area contributed by atoms with Gasteiger partial charge in [-0.1, -0.05) is 13.8 Å². The van der Waals surface area contributed by atoms with Crippen molar-refractivity contribution in [2.24, 2.45) is 16.1 Å². The largest absolute Gasteiger partial charge is 0.396 e. The fraction of sp³-hybridized carbons (Fsp3) is 0.632. The maximum absolute atomic E-state index is 13.0. The molecule has 1 aliphatic rings. The molecule has 0 radical (unpaired) electrons. The quantitative estimate of drug-likeness (QED) is 0.586. The van der Waals surface area contributed by atoms with E-state index in [0.717, 1.165) is 51.1 Å². The van der Waals surface area contributed by atoms with Gasteiger partial charge in [-0.05, 0) is 48.9 Å². The summed E-state index contributed by atoms with van der Waals surface area (Å²) >= 11 is 0. The van der Waals surface area contributed by atoms with E-state index in [1.165, 1.54) is 12.1 Å². The number of halogens is 1. The summed E-state index contributed by atoms with van der Waals surface area (Å²) < 4.78 is 13.0. The van der Waals surface area contributed by atoms with Crippen LogP contribution in [0.4, 0.5) is 10.1 Å². The van der Waals surface area contributed by atoms with Crippen LogP contribution in [0.2, 0.25) is 0 Å². The van der Waals surface area contributed by atoms with E-state index in [2.05, 4.69) is 28.6 Å². The minimum atomic E-state index is -0.211. The molecule has 1 fully saturated rings. The van der Waals surface area contributed by atoms with Crippen molar-refractivity contribution in [1.82, 2.24) is 4.90 Å². The molecule has 0 unspecified atom stereocenters. The Kier molecular flexibility index (Phi) is 7.05. The molecule has 25 heavy (non-hydrogen) atoms. The SMILES string of the molecule is CCC(CC)(CCO)CN=C(N)N1CCN(c2ccc(F)cc2)CC1. The fourth-order valence-electron chi connectivity index (χ4n) is 3.34. The molecule has 3 N–H and O–H groups in total. The first-order valence-corrected chi connectivity index (χ1v) is 9.20. The Morgan fingerprint density at radius 2 is 1.76 bits per heavy atom. The van der Waals surface area contributed by atoms with E-state index in [-0.39, 0.29) is 17.8 Å². The summed E-state index contributed by atoms with van der Waals surface area (Å²) in [7, 11) is 0. The number of hydrogen-bond acceptors (Lipinski definition) is 3. The van der Waals surface area contributed by atoms with Gasteiger partial charge in [-0.3, -0.25) is 4.99 Å². The Morgan fingerprint density at radius 3 is 2.28 bits per heavy atom. The number of nitrogens with two attached hydrogens (primary N) is 1. The Balaban J connectivity index is 1.91. The molecule has 6 heteroatoms. The molecule has 0 amide bonds. The molecule has 2 rings (SSSR count). The summed E-state index contributed by atoms with van der Waals surface area (Å²) in [5, 5.41) is 9.31. The molecule has 1 aliphatic heterocycles. The van der Waals surface area contributed by atoms with Crippen LogP contribution in [0.25, 0.3) is 0 Å². The van der Waals surface area contributed by atoms with Crippen molar-refractivity contribution in [1.29, 1.82) is 0 Å². The van der Waals surface area contributed by atoms with E-state index in [1.54, 1.807) is 0 Å². The number of nitrogens with zero attached hydrogens (tertiary/aromatic N) is 3. The smallest absolute Gasteiger partial charge is 0.191 e. The summed E-state index contributed by atoms with van der Waals surface area (Å²) in [6.45, 7) is 8.42. The highest BCUT2D eigenvalue weighted by molar-refractivity contribution is 5.78. The van der Waals surface area contributed by atoms with Crippen molar-refractivity contribution in [2.75, 3.05) is 44.2 Å². The number of aliphatic hydroxyl groups excluding tert-OH is 1. The zero-order chi connectivity index (χ0) is 18.3. The Bertz CT molecular complexity index is 549. The Labute approximate surface area is 150 Å². The van der Waals surface area contributed by atoms with Crippen molar-refractivity contribution in [3.8, 4) is 0 Å². The number of hydrogen-bond donors (Lipinski definition) is 2. The van der Waals surface area contributed by atoms with Gasteiger partial charge in [0.1, 0.15) is 5.82 Å². The number of piperazine rings is 1. The number of anilines is 1. The van der Waals surface area contributed by atoms with Crippen molar-refractivity contribution >= 4 is 11.6 Å². The molecule has 1 saturated heterocycles. The number of rotatable bonds is 7. The minimum Gasteiger partial charge on any atom is -0.396 e. The Morgan fingerprint density at radius 1 is 1.16 bits per heavy atom. The zero-order valence-electron chi connectivity index (χ0n) is 15.4. The predicted octanol–water partition coefficient (Wildman–Crippen LogP) is 2.45. The van der Waals surface area contributed by atoms with E-state index in [4.69, 9.17) is 5.73 Å². The van der Waals surface area contributed by atoms with Gasteiger partial charge in [-0.2, -0.15) is 0 Å². The first kappa shape index (κ1) is 19.5. The van der Waals surface area contributed by atoms with Crippen LogP contribution in [0.3, 0.4) is 0 Å². The van der Waals surface area contributed by atoms with Crippen LogP contribution in [-0.4, -0.2) is 55.3 Å². The highest BCUT2D eigenvalue weighted by Gasteiger charge is 2.26. The second-order valence-corrected chi connectivity index (χ2v) is 6.81. The first-order chi connectivity index (χ1) is 12.0. The monoisotopic (exact) mass is 350 g/mol. The lowest BCUT2D eigenvalue weighted by atomic mass is 9.79. The lowest BCUT2D eigenvalue weighted by Gasteiger charge is -2.37. The molecular weight excluding hydrogens is 319 g/mol. The van der Waals surface area contributed by atoms with Crippen LogP contribution in [0.15, 0.2) is 29.3 Å². The summed E-state index contributed by atoms with van der Waals surface area (Å²) in [6.07, 6.45) is 2.73. The topological polar surface area (TPSA) is 65.1 Å². The van der Waals surface area contributed by atoms with Crippen molar-refractivity contribution in [2.45, 2.75) is 33.1 Å². The van der Waals surface area contributed by atoms with Gasteiger partial charge in [-0.25, -0.2) is 4.39 Å². The molecule has 1 aromatic carbocycles. The van der Waals surface area contributed by atoms with Gasteiger partial charge < -0.3 is 20.6 Å². The van der Waals surface area contributed by atoms with Crippen LogP contribution in [0.1, 0.15) is 33.1 Å². The molecule has 0 aromatic heterocycles. The maximum atomic E-state index is 13.0. The van der Waals surface area contributed by atoms with Crippen molar-refractivity contribution in [3.63, 3.8) is 0 Å². The van der Waals surface area contributed by atoms with Gasteiger partial charge in [0.15, 0.2) is 5.96 Å². The van der Waals surface area contributed by atoms with E-state index < -0.39 is 0 Å². The molecule has 1 aromatic rings. The normalized spacial score (nSPS) is 16.4. The molecule has 0 aliphatic carbocycles. The molecule has 0 spiro atoms. The number of guanidine groups is 1. The number of benzene rings is 1. The number of aliphatic hydroxyl groups is 1. The third kappa shape index (κ3) is 5.08. The molecular formula is C19H31FN4O. The maximum Gasteiger partial charge on any atom is 0.191 e. The van der Waals surface area contributed by atoms with Crippen LogP contribution < -0.4 is 10.6 Å². The van der Waals surface area contributed by atoms with E-state index in [9.17, 15) is 9.50 Å². The van der Waals surface area contributed by atoms with Crippen LogP contribution in [-0.2, 0) is 0 Å². The van der Waals surface area contributed by atoms with Gasteiger partial charge in [0, 0.05) is 45.0 Å². The summed E-state index contributed by atoms with van der Waals surface area (Å²) in [5.41, 5.74) is 7.28. The van der Waals surface area contributed by atoms with Crippen LogP contribution in [0.5, 0.6) is 0 Å². The summed E-state index contributed by atoms with van der Waals surface area (Å²) in [5.74, 6) is 0.375. The van der Waals surface area contributed by atoms with Gasteiger partial charge in [0.05, 0.1) is 0 Å². The van der Waals surface area contributed by atoms with E-state index in [0.29, 0.717) is 12.5 Å². The van der Waals surface area contributed by atoms with Crippen LogP contribution >= 0.6 is 0 Å². The van der Waals surface area contributed by atoms with Gasteiger partial charge in [0.2, 0.25) is 0 Å². The average Bonchev–Trinajstić information content (AvgIpc) is 2.66. The number of aliphatic imine (C=N–C) groups is 1. The standard InChI is InChI=1S/C19H31FN4O/c1-3-19(4-2,9-14-25)15-22-18(21)24-12-10-23(11-13-24)17-7-5-16(20)6-8-17/h5-8,25H,3-4,9-15H2,1-2H3,(H2,21,22). The fourth-order valence-corrected chi connectivity index (χ4v) is 3.34. The highest BCUT2D eigenvalue weighted by Crippen LogP contribution is 2.30.